The molecule has 2 rings (SSSR count). The maximum Gasteiger partial charge on any atom is 0.328 e. The molecule has 0 saturated carbocycles. The minimum absolute atomic E-state index is 0.0337. The van der Waals surface area contributed by atoms with Gasteiger partial charge in [0.25, 0.3) is 0 Å². The number of nitrogens with zero attached hydrogens (tertiary/aromatic N) is 3. The number of piperazine rings is 1. The highest BCUT2D eigenvalue weighted by molar-refractivity contribution is 5.92. The Kier molecular flexibility index (Phi) is 17.6. The smallest absolute Gasteiger partial charge is 0.328 e. The third-order valence-electron chi connectivity index (χ3n) is 4.87. The van der Waals surface area contributed by atoms with Gasteiger partial charge in [0.05, 0.1) is 6.54 Å². The van der Waals surface area contributed by atoms with Crippen molar-refractivity contribution < 1.29 is 49.5 Å². The van der Waals surface area contributed by atoms with Crippen LogP contribution in [0.4, 0.5) is 11.4 Å². The Balaban J connectivity index is 0.000000742. The summed E-state index contributed by atoms with van der Waals surface area (Å²) in [5, 5.41) is 43.1. The molecule has 0 unspecified atom stereocenters. The number of rotatable bonds is 11. The number of aliphatic carboxylic acids is 4. The lowest BCUT2D eigenvalue weighted by Crippen LogP contribution is -2.48. The van der Waals surface area contributed by atoms with Gasteiger partial charge in [0.2, 0.25) is 5.91 Å². The van der Waals surface area contributed by atoms with Gasteiger partial charge in [-0.2, -0.15) is 0 Å². The predicted octanol–water partition coefficient (Wildman–Crippen LogP) is 0.115. The number of carbonyl (C=O) groups excluding carboxylic acids is 1. The maximum absolute atomic E-state index is 12.1. The molecule has 6 N–H and O–H groups in total. The fourth-order valence-electron chi connectivity index (χ4n) is 3.00. The summed E-state index contributed by atoms with van der Waals surface area (Å²) in [6.45, 7) is 5.35. The second-order valence-corrected chi connectivity index (χ2v) is 8.20. The summed E-state index contributed by atoms with van der Waals surface area (Å²) in [5.74, 6) is -4.99. The Morgan fingerprint density at radius 2 is 1.18 bits per heavy atom. The fraction of sp³-hybridized carbons (Fsp3) is 0.400. The van der Waals surface area contributed by atoms with Crippen LogP contribution < -0.4 is 10.2 Å². The van der Waals surface area contributed by atoms with Gasteiger partial charge in [-0.25, -0.2) is 19.2 Å². The first-order chi connectivity index (χ1) is 18.3. The van der Waals surface area contributed by atoms with Crippen molar-refractivity contribution in [3.8, 4) is 0 Å². The topological polar surface area (TPSA) is 208 Å². The second kappa shape index (κ2) is 19.8. The molecule has 1 heterocycles. The van der Waals surface area contributed by atoms with Crippen molar-refractivity contribution in [3.63, 3.8) is 0 Å². The van der Waals surface area contributed by atoms with E-state index < -0.39 is 23.9 Å². The largest absolute Gasteiger partial charge is 0.478 e. The Hall–Kier alpha value is -4.27. The molecule has 39 heavy (non-hydrogen) atoms. The van der Waals surface area contributed by atoms with E-state index in [9.17, 15) is 24.0 Å². The van der Waals surface area contributed by atoms with Crippen LogP contribution in [0.5, 0.6) is 0 Å². The van der Waals surface area contributed by atoms with Crippen LogP contribution in [0, 0.1) is 0 Å². The van der Waals surface area contributed by atoms with Crippen LogP contribution in [-0.2, 0) is 24.0 Å². The molecule has 0 atom stereocenters. The summed E-state index contributed by atoms with van der Waals surface area (Å²) in [5.41, 5.74) is 1.95. The normalized spacial score (nSPS) is 13.5. The highest BCUT2D eigenvalue weighted by Gasteiger charge is 2.18. The standard InChI is InChI=1S/C17H28N4O2.2C4H4O4/c1-19(2)16-6-4-15(5-7-16)18-17(23)14-21-11-9-20(10-12-21)8-3-13-22;2*5-3(6)1-2-4(7)8/h4-7,22H,3,8-14H2,1-2H3,(H,18,23);2*1-2H,(H,5,6)(H,7,8)/b;2*2-1+. The predicted molar refractivity (Wildman–Crippen MR) is 143 cm³/mol. The van der Waals surface area contributed by atoms with Crippen LogP contribution in [0.2, 0.25) is 0 Å². The first-order valence-corrected chi connectivity index (χ1v) is 11.7. The van der Waals surface area contributed by atoms with E-state index in [1.165, 1.54) is 0 Å². The van der Waals surface area contributed by atoms with Crippen molar-refractivity contribution in [2.45, 2.75) is 6.42 Å². The molecule has 14 nitrogen and oxygen atoms in total. The van der Waals surface area contributed by atoms with E-state index in [-0.39, 0.29) is 12.5 Å². The molecule has 1 aromatic rings. The number of carbonyl (C=O) groups is 5. The molecule has 1 fully saturated rings. The van der Waals surface area contributed by atoms with E-state index in [2.05, 4.69) is 15.1 Å². The molecule has 1 amide bonds. The Bertz CT molecular complexity index is 919. The van der Waals surface area contributed by atoms with Crippen LogP contribution in [0.3, 0.4) is 0 Å². The third-order valence-corrected chi connectivity index (χ3v) is 4.87. The van der Waals surface area contributed by atoms with Crippen molar-refractivity contribution in [3.05, 3.63) is 48.6 Å². The minimum Gasteiger partial charge on any atom is -0.478 e. The van der Waals surface area contributed by atoms with E-state index in [0.29, 0.717) is 30.8 Å². The summed E-state index contributed by atoms with van der Waals surface area (Å²) in [6, 6.07) is 7.85. The zero-order chi connectivity index (χ0) is 29.8. The summed E-state index contributed by atoms with van der Waals surface area (Å²) in [7, 11) is 3.99. The van der Waals surface area contributed by atoms with Gasteiger partial charge < -0.3 is 40.6 Å². The number of carboxylic acid groups (broad SMARTS) is 4. The van der Waals surface area contributed by atoms with E-state index in [1.807, 2.05) is 43.3 Å². The fourth-order valence-corrected chi connectivity index (χ4v) is 3.00. The molecule has 1 aliphatic rings. The number of nitrogens with one attached hydrogen (secondary N) is 1. The van der Waals surface area contributed by atoms with Crippen LogP contribution >= 0.6 is 0 Å². The number of aliphatic hydroxyl groups excluding tert-OH is 1. The van der Waals surface area contributed by atoms with Crippen molar-refractivity contribution in [2.75, 3.05) is 70.2 Å². The first-order valence-electron chi connectivity index (χ1n) is 11.7. The van der Waals surface area contributed by atoms with Crippen molar-refractivity contribution >= 4 is 41.2 Å². The number of hydrogen-bond donors (Lipinski definition) is 6. The van der Waals surface area contributed by atoms with Crippen LogP contribution in [0.15, 0.2) is 48.6 Å². The lowest BCUT2D eigenvalue weighted by Gasteiger charge is -2.34. The van der Waals surface area contributed by atoms with E-state index in [0.717, 1.165) is 50.5 Å². The average Bonchev–Trinajstić information content (AvgIpc) is 2.87. The molecule has 0 aromatic heterocycles. The van der Waals surface area contributed by atoms with Gasteiger partial charge in [-0.3, -0.25) is 9.69 Å². The van der Waals surface area contributed by atoms with Crippen LogP contribution in [-0.4, -0.2) is 125 Å². The molecule has 0 bridgehead atoms. The van der Waals surface area contributed by atoms with Crippen molar-refractivity contribution in [1.29, 1.82) is 0 Å². The summed E-state index contributed by atoms with van der Waals surface area (Å²) in [6.07, 6.45) is 3.05. The van der Waals surface area contributed by atoms with E-state index in [1.54, 1.807) is 0 Å². The zero-order valence-corrected chi connectivity index (χ0v) is 21.9. The minimum atomic E-state index is -1.26. The molecule has 14 heteroatoms. The maximum atomic E-state index is 12.1. The number of hydrogen-bond acceptors (Lipinski definition) is 9. The highest BCUT2D eigenvalue weighted by Crippen LogP contribution is 2.15. The monoisotopic (exact) mass is 552 g/mol. The molecule has 0 radical (unpaired) electrons. The molecule has 216 valence electrons. The molecule has 1 saturated heterocycles. The number of carboxylic acids is 4. The molecule has 1 aliphatic heterocycles. The lowest BCUT2D eigenvalue weighted by atomic mass is 10.2. The summed E-state index contributed by atoms with van der Waals surface area (Å²) >= 11 is 0. The van der Waals surface area contributed by atoms with E-state index in [4.69, 9.17) is 25.5 Å². The molecule has 0 aliphatic carbocycles. The Labute approximate surface area is 226 Å². The first kappa shape index (κ1) is 34.7. The highest BCUT2D eigenvalue weighted by atomic mass is 16.4. The van der Waals surface area contributed by atoms with Gasteiger partial charge >= 0.3 is 23.9 Å². The number of amides is 1. The molecule has 0 spiro atoms. The SMILES string of the molecule is CN(C)c1ccc(NC(=O)CN2CCN(CCCO)CC2)cc1.O=C(O)/C=C/C(=O)O.O=C(O)/C=C/C(=O)O. The van der Waals surface area contributed by atoms with Gasteiger partial charge in [-0.15, -0.1) is 0 Å². The van der Waals surface area contributed by atoms with Crippen LogP contribution in [0.25, 0.3) is 0 Å². The number of aliphatic hydroxyl groups is 1. The van der Waals surface area contributed by atoms with Crippen molar-refractivity contribution in [1.82, 2.24) is 9.80 Å². The molecular formula is C25H36N4O10. The molecule has 1 aromatic carbocycles. The summed E-state index contributed by atoms with van der Waals surface area (Å²) in [4.78, 5) is 56.9. The van der Waals surface area contributed by atoms with Gasteiger partial charge in [0.1, 0.15) is 0 Å². The van der Waals surface area contributed by atoms with Gasteiger partial charge in [0.15, 0.2) is 0 Å². The van der Waals surface area contributed by atoms with Crippen LogP contribution in [0.1, 0.15) is 6.42 Å². The van der Waals surface area contributed by atoms with Gasteiger partial charge in [-0.1, -0.05) is 0 Å². The quantitative estimate of drug-likeness (QED) is 0.202. The lowest BCUT2D eigenvalue weighted by molar-refractivity contribution is -0.134. The Morgan fingerprint density at radius 1 is 0.769 bits per heavy atom. The van der Waals surface area contributed by atoms with Gasteiger partial charge in [0, 0.05) is 89.1 Å². The van der Waals surface area contributed by atoms with Gasteiger partial charge in [-0.05, 0) is 30.7 Å². The zero-order valence-electron chi connectivity index (χ0n) is 21.9. The summed E-state index contributed by atoms with van der Waals surface area (Å²) < 4.78 is 0. The second-order valence-electron chi connectivity index (χ2n) is 8.20. The third kappa shape index (κ3) is 19.5. The Morgan fingerprint density at radius 3 is 1.54 bits per heavy atom. The number of benzene rings is 1. The number of anilines is 2. The molecular weight excluding hydrogens is 516 g/mol. The van der Waals surface area contributed by atoms with E-state index >= 15 is 0 Å². The van der Waals surface area contributed by atoms with Crippen molar-refractivity contribution in [2.24, 2.45) is 0 Å². The average molecular weight is 553 g/mol.